The summed E-state index contributed by atoms with van der Waals surface area (Å²) in [5.74, 6) is 0.539. The minimum absolute atomic E-state index is 0.495. The summed E-state index contributed by atoms with van der Waals surface area (Å²) < 4.78 is 0. The van der Waals surface area contributed by atoms with Gasteiger partial charge in [-0.3, -0.25) is 0 Å². The van der Waals surface area contributed by atoms with Crippen LogP contribution in [0.25, 0.3) is 0 Å². The molecule has 0 saturated heterocycles. The van der Waals surface area contributed by atoms with E-state index in [1.54, 1.807) is 0 Å². The predicted octanol–water partition coefficient (Wildman–Crippen LogP) is 3.68. The van der Waals surface area contributed by atoms with Crippen molar-refractivity contribution in [1.29, 1.82) is 0 Å². The topological polar surface area (TPSA) is 12.0 Å². The Balaban J connectivity index is 1.93. The second kappa shape index (κ2) is 3.05. The van der Waals surface area contributed by atoms with Crippen molar-refractivity contribution in [2.24, 2.45) is 0 Å². The van der Waals surface area contributed by atoms with Crippen molar-refractivity contribution in [3.05, 3.63) is 59.7 Å². The summed E-state index contributed by atoms with van der Waals surface area (Å²) in [6, 6.07) is 17.4. The molecular formula is C14H11NS. The normalized spacial score (nSPS) is 24.5. The van der Waals surface area contributed by atoms with Gasteiger partial charge < -0.3 is 5.32 Å². The third-order valence-electron chi connectivity index (χ3n) is 3.40. The van der Waals surface area contributed by atoms with Crippen molar-refractivity contribution in [1.82, 2.24) is 0 Å². The van der Waals surface area contributed by atoms with Crippen LogP contribution in [0.4, 0.5) is 5.69 Å². The lowest BCUT2D eigenvalue weighted by molar-refractivity contribution is 0.869. The molecule has 16 heavy (non-hydrogen) atoms. The third-order valence-corrected chi connectivity index (χ3v) is 4.67. The molecule has 2 aromatic rings. The van der Waals surface area contributed by atoms with E-state index in [0.717, 1.165) is 0 Å². The summed E-state index contributed by atoms with van der Waals surface area (Å²) in [4.78, 5) is 1.43. The average molecular weight is 225 g/mol. The van der Waals surface area contributed by atoms with Gasteiger partial charge in [-0.15, -0.1) is 11.8 Å². The van der Waals surface area contributed by atoms with Gasteiger partial charge in [0.15, 0.2) is 0 Å². The zero-order chi connectivity index (χ0) is 10.5. The van der Waals surface area contributed by atoms with Gasteiger partial charge in [0.2, 0.25) is 0 Å². The largest absolute Gasteiger partial charge is 0.372 e. The third kappa shape index (κ3) is 1.03. The van der Waals surface area contributed by atoms with Crippen LogP contribution in [0.1, 0.15) is 17.0 Å². The minimum atomic E-state index is 0.495. The van der Waals surface area contributed by atoms with Gasteiger partial charge >= 0.3 is 0 Å². The molecule has 2 aromatic carbocycles. The van der Waals surface area contributed by atoms with Gasteiger partial charge in [0.1, 0.15) is 0 Å². The highest BCUT2D eigenvalue weighted by molar-refractivity contribution is 8.00. The average Bonchev–Trinajstić information content (AvgIpc) is 2.83. The molecule has 78 valence electrons. The fourth-order valence-corrected chi connectivity index (χ4v) is 4.09. The smallest absolute Gasteiger partial charge is 0.0879 e. The molecule has 2 atom stereocenters. The van der Waals surface area contributed by atoms with Gasteiger partial charge in [-0.2, -0.15) is 0 Å². The molecule has 1 nitrogen and oxygen atoms in total. The highest BCUT2D eigenvalue weighted by atomic mass is 32.2. The molecule has 0 saturated carbocycles. The van der Waals surface area contributed by atoms with Gasteiger partial charge in [-0.25, -0.2) is 0 Å². The van der Waals surface area contributed by atoms with Gasteiger partial charge in [-0.05, 0) is 23.3 Å². The molecule has 0 spiro atoms. The number of hydrogen-bond donors (Lipinski definition) is 1. The van der Waals surface area contributed by atoms with E-state index in [1.807, 2.05) is 11.8 Å². The van der Waals surface area contributed by atoms with Crippen LogP contribution in [0.2, 0.25) is 0 Å². The van der Waals surface area contributed by atoms with E-state index in [4.69, 9.17) is 0 Å². The second-order valence-corrected chi connectivity index (χ2v) is 5.47. The Hall–Kier alpha value is -1.41. The molecule has 0 radical (unpaired) electrons. The maximum absolute atomic E-state index is 3.61. The fraction of sp³-hybridized carbons (Fsp3) is 0.143. The van der Waals surface area contributed by atoms with Crippen LogP contribution >= 0.6 is 11.8 Å². The Kier molecular flexibility index (Phi) is 1.66. The van der Waals surface area contributed by atoms with Gasteiger partial charge in [0, 0.05) is 16.5 Å². The van der Waals surface area contributed by atoms with Crippen molar-refractivity contribution in [2.45, 2.75) is 16.2 Å². The van der Waals surface area contributed by atoms with Gasteiger partial charge in [0.25, 0.3) is 0 Å². The number of fused-ring (bicyclic) bond motifs is 5. The first kappa shape index (κ1) is 8.71. The van der Waals surface area contributed by atoms with Gasteiger partial charge in [0.05, 0.1) is 5.37 Å². The zero-order valence-corrected chi connectivity index (χ0v) is 9.50. The van der Waals surface area contributed by atoms with E-state index >= 15 is 0 Å². The first-order chi connectivity index (χ1) is 7.93. The van der Waals surface area contributed by atoms with Crippen molar-refractivity contribution in [3.8, 4) is 0 Å². The van der Waals surface area contributed by atoms with E-state index in [2.05, 4.69) is 53.8 Å². The molecule has 2 heteroatoms. The SMILES string of the molecule is c1ccc2c(c1)NC1Sc3ccccc3C21. The Morgan fingerprint density at radius 2 is 1.62 bits per heavy atom. The molecule has 4 rings (SSSR count). The summed E-state index contributed by atoms with van der Waals surface area (Å²) in [5.41, 5.74) is 4.24. The van der Waals surface area contributed by atoms with Crippen LogP contribution in [-0.2, 0) is 0 Å². The predicted molar refractivity (Wildman–Crippen MR) is 68.0 cm³/mol. The second-order valence-electron chi connectivity index (χ2n) is 4.29. The lowest BCUT2D eigenvalue weighted by atomic mass is 9.93. The van der Waals surface area contributed by atoms with Crippen LogP contribution in [-0.4, -0.2) is 5.37 Å². The number of para-hydroxylation sites is 1. The summed E-state index contributed by atoms with van der Waals surface area (Å²) in [5, 5.41) is 4.10. The zero-order valence-electron chi connectivity index (χ0n) is 8.68. The van der Waals surface area contributed by atoms with E-state index in [9.17, 15) is 0 Å². The molecule has 0 bridgehead atoms. The van der Waals surface area contributed by atoms with Crippen molar-refractivity contribution in [3.63, 3.8) is 0 Å². The maximum Gasteiger partial charge on any atom is 0.0879 e. The van der Waals surface area contributed by atoms with E-state index in [-0.39, 0.29) is 0 Å². The van der Waals surface area contributed by atoms with E-state index in [1.165, 1.54) is 21.7 Å². The lowest BCUT2D eigenvalue weighted by Crippen LogP contribution is -2.11. The van der Waals surface area contributed by atoms with Crippen LogP contribution < -0.4 is 5.32 Å². The van der Waals surface area contributed by atoms with Crippen molar-refractivity contribution in [2.75, 3.05) is 5.32 Å². The molecule has 0 aliphatic carbocycles. The first-order valence-electron chi connectivity index (χ1n) is 5.54. The quantitative estimate of drug-likeness (QED) is 0.734. The number of rotatable bonds is 0. The summed E-state index contributed by atoms with van der Waals surface area (Å²) in [6.07, 6.45) is 0. The number of thioether (sulfide) groups is 1. The molecule has 2 aliphatic rings. The maximum atomic E-state index is 3.61. The molecule has 2 aliphatic heterocycles. The van der Waals surface area contributed by atoms with Gasteiger partial charge in [-0.1, -0.05) is 36.4 Å². The Bertz CT molecular complexity index is 515. The molecule has 2 heterocycles. The summed E-state index contributed by atoms with van der Waals surface area (Å²) in [7, 11) is 0. The van der Waals surface area contributed by atoms with E-state index in [0.29, 0.717) is 11.3 Å². The van der Waals surface area contributed by atoms with Crippen LogP contribution in [0.15, 0.2) is 53.4 Å². The van der Waals surface area contributed by atoms with Crippen molar-refractivity contribution >= 4 is 17.4 Å². The first-order valence-corrected chi connectivity index (χ1v) is 6.42. The summed E-state index contributed by atoms with van der Waals surface area (Å²) in [6.45, 7) is 0. The number of nitrogens with one attached hydrogen (secondary N) is 1. The molecule has 0 fully saturated rings. The number of benzene rings is 2. The molecule has 0 aromatic heterocycles. The van der Waals surface area contributed by atoms with Crippen LogP contribution in [0, 0.1) is 0 Å². The monoisotopic (exact) mass is 225 g/mol. The minimum Gasteiger partial charge on any atom is -0.372 e. The lowest BCUT2D eigenvalue weighted by Gasteiger charge is -2.09. The van der Waals surface area contributed by atoms with E-state index < -0.39 is 0 Å². The molecule has 1 N–H and O–H groups in total. The highest BCUT2D eigenvalue weighted by Gasteiger charge is 2.39. The molecular weight excluding hydrogens is 214 g/mol. The fourth-order valence-electron chi connectivity index (χ4n) is 2.71. The van der Waals surface area contributed by atoms with Crippen molar-refractivity contribution < 1.29 is 0 Å². The number of hydrogen-bond acceptors (Lipinski definition) is 2. The Labute approximate surface area is 98.9 Å². The standard InChI is InChI=1S/C14H11NS/c1-3-7-11-9(5-1)13-10-6-2-4-8-12(10)16-14(13)15-11/h1-8,13-15H. The molecule has 0 amide bonds. The molecule has 2 unspecified atom stereocenters. The Morgan fingerprint density at radius 3 is 2.56 bits per heavy atom. The summed E-state index contributed by atoms with van der Waals surface area (Å²) >= 11 is 1.95. The van der Waals surface area contributed by atoms with Crippen LogP contribution in [0.3, 0.4) is 0 Å². The Morgan fingerprint density at radius 1 is 0.875 bits per heavy atom. The number of anilines is 1. The van der Waals surface area contributed by atoms with Crippen LogP contribution in [0.5, 0.6) is 0 Å². The highest BCUT2D eigenvalue weighted by Crippen LogP contribution is 2.53.